The number of rotatable bonds is 9. The van der Waals surface area contributed by atoms with Crippen LogP contribution < -0.4 is 14.8 Å². The van der Waals surface area contributed by atoms with Gasteiger partial charge >= 0.3 is 0 Å². The van der Waals surface area contributed by atoms with Crippen LogP contribution in [-0.4, -0.2) is 35.6 Å². The molecule has 0 spiro atoms. The summed E-state index contributed by atoms with van der Waals surface area (Å²) in [6.45, 7) is 8.47. The highest BCUT2D eigenvalue weighted by molar-refractivity contribution is 5.88. The van der Waals surface area contributed by atoms with Crippen molar-refractivity contribution in [2.24, 2.45) is 0 Å². The van der Waals surface area contributed by atoms with E-state index >= 15 is 0 Å². The third-order valence-corrected chi connectivity index (χ3v) is 5.48. The molecule has 3 rings (SSSR count). The second kappa shape index (κ2) is 10.3. The van der Waals surface area contributed by atoms with E-state index in [-0.39, 0.29) is 24.6 Å². The standard InChI is InChI=1S/C25H32N2O4/c1-5-21(25(29)26-17(2)3)27(15-20-9-7-6-8-18(20)4)24(28)13-11-19-10-12-22-23(14-19)31-16-30-22/h6-10,12,14,17,21H,5,11,13,15-16H2,1-4H3,(H,26,29)/t21-/m0/s1. The van der Waals surface area contributed by atoms with Gasteiger partial charge in [-0.05, 0) is 62.4 Å². The van der Waals surface area contributed by atoms with Crippen molar-refractivity contribution in [2.75, 3.05) is 6.79 Å². The average Bonchev–Trinajstić information content (AvgIpc) is 3.20. The molecule has 1 heterocycles. The minimum Gasteiger partial charge on any atom is -0.454 e. The molecule has 0 bridgehead atoms. The first-order chi connectivity index (χ1) is 14.9. The molecule has 0 fully saturated rings. The number of hydrogen-bond donors (Lipinski definition) is 1. The molecular formula is C25H32N2O4. The fourth-order valence-electron chi connectivity index (χ4n) is 3.76. The number of fused-ring (bicyclic) bond motifs is 1. The Morgan fingerprint density at radius 2 is 1.84 bits per heavy atom. The number of carbonyl (C=O) groups is 2. The van der Waals surface area contributed by atoms with Crippen LogP contribution in [0.15, 0.2) is 42.5 Å². The number of ether oxygens (including phenoxy) is 2. The molecular weight excluding hydrogens is 392 g/mol. The Bertz CT molecular complexity index is 925. The molecule has 2 amide bonds. The molecule has 0 aromatic heterocycles. The molecule has 1 N–H and O–H groups in total. The maximum absolute atomic E-state index is 13.3. The van der Waals surface area contributed by atoms with E-state index in [4.69, 9.17) is 9.47 Å². The van der Waals surface area contributed by atoms with Crippen LogP contribution in [0.5, 0.6) is 11.5 Å². The van der Waals surface area contributed by atoms with Crippen molar-refractivity contribution in [1.82, 2.24) is 10.2 Å². The third kappa shape index (κ3) is 5.78. The van der Waals surface area contributed by atoms with Gasteiger partial charge in [-0.15, -0.1) is 0 Å². The minimum absolute atomic E-state index is 0.0191. The van der Waals surface area contributed by atoms with Crippen molar-refractivity contribution < 1.29 is 19.1 Å². The van der Waals surface area contributed by atoms with Gasteiger partial charge in [0.2, 0.25) is 18.6 Å². The number of nitrogens with zero attached hydrogens (tertiary/aromatic N) is 1. The highest BCUT2D eigenvalue weighted by Gasteiger charge is 2.29. The van der Waals surface area contributed by atoms with E-state index in [2.05, 4.69) is 5.32 Å². The van der Waals surface area contributed by atoms with E-state index < -0.39 is 6.04 Å². The van der Waals surface area contributed by atoms with Crippen LogP contribution in [0.2, 0.25) is 0 Å². The van der Waals surface area contributed by atoms with E-state index in [9.17, 15) is 9.59 Å². The summed E-state index contributed by atoms with van der Waals surface area (Å²) < 4.78 is 10.8. The van der Waals surface area contributed by atoms with Crippen molar-refractivity contribution in [3.05, 3.63) is 59.2 Å². The smallest absolute Gasteiger partial charge is 0.243 e. The molecule has 6 nitrogen and oxygen atoms in total. The Morgan fingerprint density at radius 1 is 1.10 bits per heavy atom. The Morgan fingerprint density at radius 3 is 2.55 bits per heavy atom. The summed E-state index contributed by atoms with van der Waals surface area (Å²) in [5.41, 5.74) is 3.16. The molecule has 1 atom stereocenters. The van der Waals surface area contributed by atoms with Gasteiger partial charge in [-0.25, -0.2) is 0 Å². The van der Waals surface area contributed by atoms with Crippen LogP contribution in [0.25, 0.3) is 0 Å². The highest BCUT2D eigenvalue weighted by atomic mass is 16.7. The highest BCUT2D eigenvalue weighted by Crippen LogP contribution is 2.32. The number of amides is 2. The van der Waals surface area contributed by atoms with Crippen molar-refractivity contribution in [3.8, 4) is 11.5 Å². The van der Waals surface area contributed by atoms with Gasteiger partial charge in [-0.2, -0.15) is 0 Å². The lowest BCUT2D eigenvalue weighted by Gasteiger charge is -2.31. The molecule has 2 aromatic carbocycles. The first-order valence-corrected chi connectivity index (χ1v) is 10.9. The Kier molecular flexibility index (Phi) is 7.55. The second-order valence-electron chi connectivity index (χ2n) is 8.22. The molecule has 166 valence electrons. The summed E-state index contributed by atoms with van der Waals surface area (Å²) in [6.07, 6.45) is 1.44. The van der Waals surface area contributed by atoms with E-state index in [1.165, 1.54) is 0 Å². The van der Waals surface area contributed by atoms with E-state index in [0.29, 0.717) is 31.6 Å². The van der Waals surface area contributed by atoms with Gasteiger partial charge in [0, 0.05) is 19.0 Å². The maximum Gasteiger partial charge on any atom is 0.243 e. The lowest BCUT2D eigenvalue weighted by molar-refractivity contribution is -0.141. The predicted octanol–water partition coefficient (Wildman–Crippen LogP) is 3.99. The van der Waals surface area contributed by atoms with Gasteiger partial charge in [0.15, 0.2) is 11.5 Å². The maximum atomic E-state index is 13.3. The quantitative estimate of drug-likeness (QED) is 0.661. The lowest BCUT2D eigenvalue weighted by atomic mass is 10.0. The molecule has 0 radical (unpaired) electrons. The Balaban J connectivity index is 1.77. The van der Waals surface area contributed by atoms with Crippen LogP contribution >= 0.6 is 0 Å². The average molecular weight is 425 g/mol. The van der Waals surface area contributed by atoms with Crippen LogP contribution in [0.4, 0.5) is 0 Å². The van der Waals surface area contributed by atoms with Gasteiger partial charge in [-0.1, -0.05) is 37.3 Å². The minimum atomic E-state index is -0.508. The van der Waals surface area contributed by atoms with E-state index in [0.717, 1.165) is 22.4 Å². The summed E-state index contributed by atoms with van der Waals surface area (Å²) >= 11 is 0. The SMILES string of the molecule is CC[C@@H](C(=O)NC(C)C)N(Cc1ccccc1C)C(=O)CCc1ccc2c(c1)OCO2. The fraction of sp³-hybridized carbons (Fsp3) is 0.440. The molecule has 0 aliphatic carbocycles. The fourth-order valence-corrected chi connectivity index (χ4v) is 3.76. The van der Waals surface area contributed by atoms with Crippen LogP contribution in [0.1, 0.15) is 50.3 Å². The van der Waals surface area contributed by atoms with Crippen LogP contribution in [-0.2, 0) is 22.6 Å². The molecule has 1 aliphatic heterocycles. The zero-order chi connectivity index (χ0) is 22.4. The molecule has 31 heavy (non-hydrogen) atoms. The van der Waals surface area contributed by atoms with Gasteiger partial charge in [-0.3, -0.25) is 9.59 Å². The molecule has 0 saturated heterocycles. The summed E-state index contributed by atoms with van der Waals surface area (Å²) in [6, 6.07) is 13.2. The number of carbonyl (C=O) groups excluding carboxylic acids is 2. The first-order valence-electron chi connectivity index (χ1n) is 10.9. The lowest BCUT2D eigenvalue weighted by Crippen LogP contribution is -2.50. The zero-order valence-corrected chi connectivity index (χ0v) is 18.8. The second-order valence-corrected chi connectivity index (χ2v) is 8.22. The normalized spacial score (nSPS) is 13.2. The van der Waals surface area contributed by atoms with Crippen molar-refractivity contribution in [3.63, 3.8) is 0 Å². The summed E-state index contributed by atoms with van der Waals surface area (Å²) in [4.78, 5) is 27.9. The third-order valence-electron chi connectivity index (χ3n) is 5.48. The first kappa shape index (κ1) is 22.7. The van der Waals surface area contributed by atoms with Crippen LogP contribution in [0, 0.1) is 6.92 Å². The van der Waals surface area contributed by atoms with E-state index in [1.54, 1.807) is 4.90 Å². The largest absolute Gasteiger partial charge is 0.454 e. The summed E-state index contributed by atoms with van der Waals surface area (Å²) in [7, 11) is 0. The van der Waals surface area contributed by atoms with Gasteiger partial charge in [0.05, 0.1) is 0 Å². The van der Waals surface area contributed by atoms with Crippen molar-refractivity contribution >= 4 is 11.8 Å². The van der Waals surface area contributed by atoms with Crippen molar-refractivity contribution in [1.29, 1.82) is 0 Å². The van der Waals surface area contributed by atoms with Gasteiger partial charge < -0.3 is 19.7 Å². The summed E-state index contributed by atoms with van der Waals surface area (Å²) in [5, 5.41) is 2.97. The molecule has 2 aromatic rings. The monoisotopic (exact) mass is 424 g/mol. The van der Waals surface area contributed by atoms with E-state index in [1.807, 2.05) is 70.2 Å². The predicted molar refractivity (Wildman–Crippen MR) is 120 cm³/mol. The Hall–Kier alpha value is -3.02. The number of nitrogens with one attached hydrogen (secondary N) is 1. The topological polar surface area (TPSA) is 67.9 Å². The Labute approximate surface area is 184 Å². The molecule has 1 aliphatic rings. The van der Waals surface area contributed by atoms with Crippen molar-refractivity contribution in [2.45, 2.75) is 65.6 Å². The molecule has 6 heteroatoms. The molecule has 0 saturated carbocycles. The van der Waals surface area contributed by atoms with Crippen LogP contribution in [0.3, 0.4) is 0 Å². The summed E-state index contributed by atoms with van der Waals surface area (Å²) in [5.74, 6) is 1.30. The van der Waals surface area contributed by atoms with Gasteiger partial charge in [0.25, 0.3) is 0 Å². The van der Waals surface area contributed by atoms with Gasteiger partial charge in [0.1, 0.15) is 6.04 Å². The number of aryl methyl sites for hydroxylation is 2. The molecule has 0 unspecified atom stereocenters. The zero-order valence-electron chi connectivity index (χ0n) is 18.8. The number of hydrogen-bond acceptors (Lipinski definition) is 4. The number of benzene rings is 2.